The maximum absolute atomic E-state index is 11.9. The van der Waals surface area contributed by atoms with Crippen LogP contribution in [0.3, 0.4) is 0 Å². The zero-order valence-electron chi connectivity index (χ0n) is 8.57. The number of halogens is 1. The first-order valence-corrected chi connectivity index (χ1v) is 7.15. The van der Waals surface area contributed by atoms with Crippen LogP contribution >= 0.6 is 27.7 Å². The van der Waals surface area contributed by atoms with E-state index in [2.05, 4.69) is 32.2 Å². The lowest BCUT2D eigenvalue weighted by Crippen LogP contribution is -2.52. The molecule has 0 spiro atoms. The predicted octanol–water partition coefficient (Wildman–Crippen LogP) is 2.32. The standard InChI is InChI=1S/C11H11BrN2OS/c12-7-1-2-8-9(5-7)14-3-4-16-6-10(14)11(15)13-8/h1-2,5,10H,3-4,6H2,(H,13,15). The van der Waals surface area contributed by atoms with Gasteiger partial charge in [-0.25, -0.2) is 0 Å². The molecule has 1 unspecified atom stereocenters. The Morgan fingerprint density at radius 3 is 3.25 bits per heavy atom. The first-order valence-electron chi connectivity index (χ1n) is 5.20. The van der Waals surface area contributed by atoms with Crippen molar-refractivity contribution in [2.75, 3.05) is 28.3 Å². The van der Waals surface area contributed by atoms with Crippen LogP contribution in [0.15, 0.2) is 22.7 Å². The summed E-state index contributed by atoms with van der Waals surface area (Å²) >= 11 is 5.33. The minimum atomic E-state index is 0.000509. The summed E-state index contributed by atoms with van der Waals surface area (Å²) < 4.78 is 1.05. The highest BCUT2D eigenvalue weighted by molar-refractivity contribution is 9.10. The van der Waals surface area contributed by atoms with E-state index >= 15 is 0 Å². The van der Waals surface area contributed by atoms with Gasteiger partial charge in [-0.2, -0.15) is 11.8 Å². The number of nitrogens with zero attached hydrogens (tertiary/aromatic N) is 1. The first-order chi connectivity index (χ1) is 7.75. The molecule has 0 saturated carbocycles. The number of fused-ring (bicyclic) bond motifs is 3. The van der Waals surface area contributed by atoms with Gasteiger partial charge in [-0.05, 0) is 18.2 Å². The Balaban J connectivity index is 2.07. The molecule has 0 radical (unpaired) electrons. The number of amides is 1. The minimum Gasteiger partial charge on any atom is -0.356 e. The average molecular weight is 299 g/mol. The van der Waals surface area contributed by atoms with Crippen molar-refractivity contribution in [2.24, 2.45) is 0 Å². The molecule has 3 nitrogen and oxygen atoms in total. The summed E-state index contributed by atoms with van der Waals surface area (Å²) in [6, 6.07) is 5.99. The number of carbonyl (C=O) groups is 1. The third-order valence-corrected chi connectivity index (χ3v) is 4.47. The zero-order valence-corrected chi connectivity index (χ0v) is 11.0. The quantitative estimate of drug-likeness (QED) is 0.798. The average Bonchev–Trinajstić information content (AvgIpc) is 2.31. The summed E-state index contributed by atoms with van der Waals surface area (Å²) in [5.74, 6) is 2.11. The molecule has 1 N–H and O–H groups in total. The fraction of sp³-hybridized carbons (Fsp3) is 0.364. The molecular formula is C11H11BrN2OS. The Kier molecular flexibility index (Phi) is 2.59. The second kappa shape index (κ2) is 3.96. The zero-order chi connectivity index (χ0) is 11.1. The van der Waals surface area contributed by atoms with Crippen LogP contribution in [0.2, 0.25) is 0 Å². The SMILES string of the molecule is O=C1Nc2ccc(Br)cc2N2CCSCC12. The van der Waals surface area contributed by atoms with E-state index in [1.165, 1.54) is 0 Å². The van der Waals surface area contributed by atoms with Crippen LogP contribution in [-0.2, 0) is 4.79 Å². The number of anilines is 2. The van der Waals surface area contributed by atoms with Crippen LogP contribution in [0.1, 0.15) is 0 Å². The van der Waals surface area contributed by atoms with Gasteiger partial charge in [0.15, 0.2) is 0 Å². The number of thioether (sulfide) groups is 1. The summed E-state index contributed by atoms with van der Waals surface area (Å²) in [7, 11) is 0. The normalized spacial score (nSPS) is 23.4. The van der Waals surface area contributed by atoms with E-state index in [1.54, 1.807) is 0 Å². The van der Waals surface area contributed by atoms with E-state index in [9.17, 15) is 4.79 Å². The Labute approximate surface area is 107 Å². The molecule has 1 fully saturated rings. The highest BCUT2D eigenvalue weighted by Gasteiger charge is 2.34. The fourth-order valence-corrected chi connectivity index (χ4v) is 3.57. The molecule has 2 heterocycles. The van der Waals surface area contributed by atoms with Crippen molar-refractivity contribution in [2.45, 2.75) is 6.04 Å². The Morgan fingerprint density at radius 1 is 1.50 bits per heavy atom. The van der Waals surface area contributed by atoms with Gasteiger partial charge in [-0.1, -0.05) is 15.9 Å². The Morgan fingerprint density at radius 2 is 2.38 bits per heavy atom. The van der Waals surface area contributed by atoms with Gasteiger partial charge in [0, 0.05) is 22.5 Å². The second-order valence-corrected chi connectivity index (χ2v) is 6.00. The number of hydrogen-bond acceptors (Lipinski definition) is 3. The molecule has 1 aromatic carbocycles. The fourth-order valence-electron chi connectivity index (χ4n) is 2.17. The molecule has 84 valence electrons. The van der Waals surface area contributed by atoms with E-state index in [0.29, 0.717) is 0 Å². The summed E-state index contributed by atoms with van der Waals surface area (Å²) in [5, 5.41) is 2.97. The topological polar surface area (TPSA) is 32.3 Å². The highest BCUT2D eigenvalue weighted by Crippen LogP contribution is 2.36. The lowest BCUT2D eigenvalue weighted by molar-refractivity contribution is -0.117. The smallest absolute Gasteiger partial charge is 0.247 e. The predicted molar refractivity (Wildman–Crippen MR) is 71.2 cm³/mol. The molecule has 1 aromatic rings. The van der Waals surface area contributed by atoms with E-state index in [1.807, 2.05) is 23.9 Å². The van der Waals surface area contributed by atoms with E-state index in [-0.39, 0.29) is 11.9 Å². The van der Waals surface area contributed by atoms with Gasteiger partial charge in [-0.3, -0.25) is 4.79 Å². The van der Waals surface area contributed by atoms with Gasteiger partial charge in [0.1, 0.15) is 6.04 Å². The summed E-state index contributed by atoms with van der Waals surface area (Å²) in [6.07, 6.45) is 0. The summed E-state index contributed by atoms with van der Waals surface area (Å²) in [6.45, 7) is 0.951. The van der Waals surface area contributed by atoms with Crippen molar-refractivity contribution in [3.8, 4) is 0 Å². The summed E-state index contributed by atoms with van der Waals surface area (Å²) in [4.78, 5) is 14.1. The van der Waals surface area contributed by atoms with Gasteiger partial charge in [0.25, 0.3) is 0 Å². The highest BCUT2D eigenvalue weighted by atomic mass is 79.9. The lowest BCUT2D eigenvalue weighted by Gasteiger charge is -2.40. The maximum Gasteiger partial charge on any atom is 0.247 e. The molecule has 0 aliphatic carbocycles. The minimum absolute atomic E-state index is 0.000509. The number of benzene rings is 1. The van der Waals surface area contributed by atoms with Crippen molar-refractivity contribution < 1.29 is 4.79 Å². The van der Waals surface area contributed by atoms with E-state index < -0.39 is 0 Å². The van der Waals surface area contributed by atoms with Gasteiger partial charge < -0.3 is 10.2 Å². The van der Waals surface area contributed by atoms with Gasteiger partial charge >= 0.3 is 0 Å². The molecular weight excluding hydrogens is 288 g/mol. The lowest BCUT2D eigenvalue weighted by atomic mass is 10.1. The van der Waals surface area contributed by atoms with Crippen molar-refractivity contribution >= 4 is 45.0 Å². The number of carbonyl (C=O) groups excluding carboxylic acids is 1. The largest absolute Gasteiger partial charge is 0.356 e. The van der Waals surface area contributed by atoms with Crippen LogP contribution < -0.4 is 10.2 Å². The molecule has 1 saturated heterocycles. The molecule has 2 aliphatic rings. The number of hydrogen-bond donors (Lipinski definition) is 1. The third-order valence-electron chi connectivity index (χ3n) is 2.96. The maximum atomic E-state index is 11.9. The Bertz CT molecular complexity index is 452. The van der Waals surface area contributed by atoms with Crippen LogP contribution in [-0.4, -0.2) is 30.0 Å². The van der Waals surface area contributed by atoms with E-state index in [4.69, 9.17) is 0 Å². The van der Waals surface area contributed by atoms with Crippen molar-refractivity contribution in [3.05, 3.63) is 22.7 Å². The van der Waals surface area contributed by atoms with Gasteiger partial charge in [0.2, 0.25) is 5.91 Å². The molecule has 2 aliphatic heterocycles. The molecule has 1 atom stereocenters. The van der Waals surface area contributed by atoms with Gasteiger partial charge in [0.05, 0.1) is 11.4 Å². The number of nitrogens with one attached hydrogen (secondary N) is 1. The van der Waals surface area contributed by atoms with Gasteiger partial charge in [-0.15, -0.1) is 0 Å². The van der Waals surface area contributed by atoms with Crippen LogP contribution in [0, 0.1) is 0 Å². The third kappa shape index (κ3) is 1.62. The van der Waals surface area contributed by atoms with Crippen LogP contribution in [0.5, 0.6) is 0 Å². The van der Waals surface area contributed by atoms with E-state index in [0.717, 1.165) is 33.9 Å². The molecule has 16 heavy (non-hydrogen) atoms. The molecule has 1 amide bonds. The molecule has 5 heteroatoms. The van der Waals surface area contributed by atoms with Crippen molar-refractivity contribution in [1.82, 2.24) is 0 Å². The molecule has 0 aromatic heterocycles. The second-order valence-electron chi connectivity index (χ2n) is 3.93. The van der Waals surface area contributed by atoms with Crippen LogP contribution in [0.4, 0.5) is 11.4 Å². The number of rotatable bonds is 0. The first kappa shape index (κ1) is 10.5. The molecule has 0 bridgehead atoms. The van der Waals surface area contributed by atoms with Crippen molar-refractivity contribution in [1.29, 1.82) is 0 Å². The Hall–Kier alpha value is -0.680. The van der Waals surface area contributed by atoms with Crippen molar-refractivity contribution in [3.63, 3.8) is 0 Å². The monoisotopic (exact) mass is 298 g/mol. The van der Waals surface area contributed by atoms with Crippen LogP contribution in [0.25, 0.3) is 0 Å². The molecule has 3 rings (SSSR count). The summed E-state index contributed by atoms with van der Waals surface area (Å²) in [5.41, 5.74) is 2.07.